The predicted molar refractivity (Wildman–Crippen MR) is 119 cm³/mol. The van der Waals surface area contributed by atoms with Crippen molar-refractivity contribution in [3.05, 3.63) is 36.3 Å². The van der Waals surface area contributed by atoms with Gasteiger partial charge in [0.25, 0.3) is 0 Å². The summed E-state index contributed by atoms with van der Waals surface area (Å²) >= 11 is 0. The van der Waals surface area contributed by atoms with Gasteiger partial charge in [-0.3, -0.25) is 9.89 Å². The van der Waals surface area contributed by atoms with E-state index in [1.54, 1.807) is 6.26 Å². The summed E-state index contributed by atoms with van der Waals surface area (Å²) in [4.78, 5) is 6.78. The van der Waals surface area contributed by atoms with Crippen LogP contribution in [0.2, 0.25) is 0 Å². The van der Waals surface area contributed by atoms with Crippen molar-refractivity contribution < 1.29 is 14.3 Å². The Kier molecular flexibility index (Phi) is 11.0. The summed E-state index contributed by atoms with van der Waals surface area (Å²) in [6.07, 6.45) is 2.44. The molecule has 1 aromatic rings. The number of nitrogens with one attached hydrogen (secondary N) is 2. The zero-order valence-corrected chi connectivity index (χ0v) is 18.7. The second kappa shape index (κ2) is 12.4. The predicted octanol–water partition coefficient (Wildman–Crippen LogP) is 1.63. The van der Waals surface area contributed by atoms with Crippen LogP contribution in [0.3, 0.4) is 0 Å². The van der Waals surface area contributed by atoms with E-state index in [0.717, 1.165) is 44.1 Å². The number of nitrogens with zero attached hydrogens (tertiary/aromatic N) is 2. The van der Waals surface area contributed by atoms with Crippen LogP contribution in [0.5, 0.6) is 0 Å². The van der Waals surface area contributed by atoms with Gasteiger partial charge in [0.15, 0.2) is 5.96 Å². The number of furan rings is 1. The molecule has 0 bridgehead atoms. The van der Waals surface area contributed by atoms with Gasteiger partial charge >= 0.3 is 0 Å². The first-order valence-corrected chi connectivity index (χ1v) is 9.16. The van der Waals surface area contributed by atoms with E-state index in [1.807, 2.05) is 26.0 Å². The first kappa shape index (κ1) is 23.9. The van der Waals surface area contributed by atoms with Gasteiger partial charge in [0, 0.05) is 39.1 Å². The highest BCUT2D eigenvalue weighted by Gasteiger charge is 2.25. The Bertz CT molecular complexity index is 570. The van der Waals surface area contributed by atoms with E-state index in [0.29, 0.717) is 32.1 Å². The number of ether oxygens (including phenoxy) is 1. The Morgan fingerprint density at radius 2 is 2.11 bits per heavy atom. The van der Waals surface area contributed by atoms with E-state index in [1.165, 1.54) is 0 Å². The molecule has 0 saturated carbocycles. The molecule has 27 heavy (non-hydrogen) atoms. The minimum absolute atomic E-state index is 0. The lowest BCUT2D eigenvalue weighted by molar-refractivity contribution is -0.0179. The standard InChI is InChI=1S/C19H32N4O3.HI/c1-16(2)13-21-18(20-7-6-17-5-4-10-26-17)22-14-19(3,24)15-23-8-11-25-12-9-23;/h4-5,10,24H,1,6-9,11-15H2,2-3H3,(H2,20,21,22);1H. The van der Waals surface area contributed by atoms with Crippen molar-refractivity contribution >= 4 is 29.9 Å². The van der Waals surface area contributed by atoms with Crippen LogP contribution in [-0.2, 0) is 11.2 Å². The van der Waals surface area contributed by atoms with Crippen molar-refractivity contribution in [2.45, 2.75) is 25.9 Å². The van der Waals surface area contributed by atoms with Crippen LogP contribution in [0.4, 0.5) is 0 Å². The second-order valence-electron chi connectivity index (χ2n) is 7.12. The van der Waals surface area contributed by atoms with Crippen molar-refractivity contribution in [1.29, 1.82) is 0 Å². The molecule has 0 radical (unpaired) electrons. The van der Waals surface area contributed by atoms with Crippen molar-refractivity contribution in [3.8, 4) is 0 Å². The minimum atomic E-state index is -0.893. The van der Waals surface area contributed by atoms with Crippen LogP contribution < -0.4 is 10.6 Å². The lowest BCUT2D eigenvalue weighted by Gasteiger charge is -2.33. The van der Waals surface area contributed by atoms with Gasteiger partial charge in [-0.2, -0.15) is 0 Å². The summed E-state index contributed by atoms with van der Waals surface area (Å²) in [6.45, 7) is 13.1. The summed E-state index contributed by atoms with van der Waals surface area (Å²) in [5.41, 5.74) is 0.126. The molecule has 1 fully saturated rings. The monoisotopic (exact) mass is 492 g/mol. The molecule has 0 aliphatic carbocycles. The maximum absolute atomic E-state index is 10.7. The molecule has 0 aromatic carbocycles. The fourth-order valence-electron chi connectivity index (χ4n) is 2.71. The number of halogens is 1. The Morgan fingerprint density at radius 1 is 1.37 bits per heavy atom. The molecule has 1 saturated heterocycles. The third-order valence-electron chi connectivity index (χ3n) is 4.05. The number of hydrogen-bond donors (Lipinski definition) is 3. The van der Waals surface area contributed by atoms with Gasteiger partial charge in [-0.15, -0.1) is 24.0 Å². The topological polar surface area (TPSA) is 82.3 Å². The maximum atomic E-state index is 10.7. The molecule has 1 aromatic heterocycles. The molecule has 2 rings (SSSR count). The largest absolute Gasteiger partial charge is 0.469 e. The van der Waals surface area contributed by atoms with Crippen LogP contribution in [0.1, 0.15) is 19.6 Å². The van der Waals surface area contributed by atoms with Gasteiger partial charge in [-0.1, -0.05) is 12.2 Å². The summed E-state index contributed by atoms with van der Waals surface area (Å²) in [5, 5.41) is 17.2. The van der Waals surface area contributed by atoms with Crippen LogP contribution in [-0.4, -0.2) is 74.0 Å². The van der Waals surface area contributed by atoms with Crippen molar-refractivity contribution in [3.63, 3.8) is 0 Å². The summed E-state index contributed by atoms with van der Waals surface area (Å²) in [7, 11) is 0. The lowest BCUT2D eigenvalue weighted by Crippen LogP contribution is -2.48. The number of hydrogen-bond acceptors (Lipinski definition) is 5. The highest BCUT2D eigenvalue weighted by molar-refractivity contribution is 14.0. The van der Waals surface area contributed by atoms with Gasteiger partial charge in [0.1, 0.15) is 5.76 Å². The fourth-order valence-corrected chi connectivity index (χ4v) is 2.71. The normalized spacial score (nSPS) is 17.7. The van der Waals surface area contributed by atoms with Crippen molar-refractivity contribution in [2.24, 2.45) is 4.99 Å². The SMILES string of the molecule is C=C(C)CNC(=NCC(C)(O)CN1CCOCC1)NCCc1ccco1.I. The Labute approximate surface area is 179 Å². The quantitative estimate of drug-likeness (QED) is 0.211. The molecular formula is C19H33IN4O3. The molecular weight excluding hydrogens is 459 g/mol. The highest BCUT2D eigenvalue weighted by atomic mass is 127. The van der Waals surface area contributed by atoms with E-state index in [4.69, 9.17) is 9.15 Å². The molecule has 1 aliphatic heterocycles. The highest BCUT2D eigenvalue weighted by Crippen LogP contribution is 2.09. The molecule has 0 spiro atoms. The number of guanidine groups is 1. The smallest absolute Gasteiger partial charge is 0.191 e. The van der Waals surface area contributed by atoms with Gasteiger partial charge in [-0.25, -0.2) is 0 Å². The van der Waals surface area contributed by atoms with Gasteiger partial charge in [0.2, 0.25) is 0 Å². The minimum Gasteiger partial charge on any atom is -0.469 e. The van der Waals surface area contributed by atoms with E-state index in [9.17, 15) is 5.11 Å². The van der Waals surface area contributed by atoms with Crippen LogP contribution in [0.25, 0.3) is 0 Å². The van der Waals surface area contributed by atoms with E-state index in [2.05, 4.69) is 27.1 Å². The van der Waals surface area contributed by atoms with Crippen molar-refractivity contribution in [1.82, 2.24) is 15.5 Å². The van der Waals surface area contributed by atoms with E-state index >= 15 is 0 Å². The number of aliphatic imine (C=N–C) groups is 1. The molecule has 2 heterocycles. The zero-order chi connectivity index (χ0) is 18.8. The summed E-state index contributed by atoms with van der Waals surface area (Å²) < 4.78 is 10.7. The van der Waals surface area contributed by atoms with E-state index < -0.39 is 5.60 Å². The lowest BCUT2D eigenvalue weighted by atomic mass is 10.1. The Hall–Kier alpha value is -1.10. The first-order chi connectivity index (χ1) is 12.4. The molecule has 3 N–H and O–H groups in total. The first-order valence-electron chi connectivity index (χ1n) is 9.16. The summed E-state index contributed by atoms with van der Waals surface area (Å²) in [6, 6.07) is 3.83. The Balaban J connectivity index is 0.00000364. The maximum Gasteiger partial charge on any atom is 0.191 e. The number of β-amino-alcohol motifs (C(OH)–C–C–N with tert-alkyl or cyclic N) is 1. The molecule has 7 nitrogen and oxygen atoms in total. The fraction of sp³-hybridized carbons (Fsp3) is 0.632. The average molecular weight is 492 g/mol. The molecule has 1 atom stereocenters. The van der Waals surface area contributed by atoms with E-state index in [-0.39, 0.29) is 24.0 Å². The number of rotatable bonds is 9. The molecule has 8 heteroatoms. The van der Waals surface area contributed by atoms with Crippen LogP contribution >= 0.6 is 24.0 Å². The van der Waals surface area contributed by atoms with Gasteiger partial charge in [-0.05, 0) is 26.0 Å². The second-order valence-corrected chi connectivity index (χ2v) is 7.12. The molecule has 0 amide bonds. The third kappa shape index (κ3) is 10.1. The Morgan fingerprint density at radius 3 is 2.74 bits per heavy atom. The average Bonchev–Trinajstić information content (AvgIpc) is 3.10. The molecule has 1 aliphatic rings. The molecule has 1 unspecified atom stereocenters. The van der Waals surface area contributed by atoms with Gasteiger partial charge in [0.05, 0.1) is 31.6 Å². The zero-order valence-electron chi connectivity index (χ0n) is 16.4. The molecule has 154 valence electrons. The van der Waals surface area contributed by atoms with Gasteiger partial charge < -0.3 is 24.9 Å². The number of morpholine rings is 1. The number of aliphatic hydroxyl groups is 1. The van der Waals surface area contributed by atoms with Crippen LogP contribution in [0, 0.1) is 0 Å². The third-order valence-corrected chi connectivity index (χ3v) is 4.05. The van der Waals surface area contributed by atoms with Crippen molar-refractivity contribution in [2.75, 3.05) is 52.5 Å². The van der Waals surface area contributed by atoms with Crippen LogP contribution in [0.15, 0.2) is 40.0 Å². The summed E-state index contributed by atoms with van der Waals surface area (Å²) in [5.74, 6) is 1.60.